The number of carbonyl (C=O) groups is 3. The van der Waals surface area contributed by atoms with Gasteiger partial charge in [0.15, 0.2) is 8.32 Å². The number of ether oxygens (including phenoxy) is 3. The van der Waals surface area contributed by atoms with Crippen molar-refractivity contribution in [1.82, 2.24) is 0 Å². The number of carbonyl (C=O) groups excluding carboxylic acids is 3. The Balaban J connectivity index is 4.56. The third-order valence-corrected chi connectivity index (χ3v) is 9.70. The maximum absolute atomic E-state index is 12.2. The molecule has 182 valence electrons. The molecule has 0 fully saturated rings. The maximum atomic E-state index is 12.2. The summed E-state index contributed by atoms with van der Waals surface area (Å²) >= 11 is 0. The van der Waals surface area contributed by atoms with Gasteiger partial charge in [0.1, 0.15) is 24.4 Å². The molecule has 0 amide bonds. The molecule has 0 aliphatic rings. The third kappa shape index (κ3) is 11.4. The van der Waals surface area contributed by atoms with Crippen molar-refractivity contribution >= 4 is 26.2 Å². The van der Waals surface area contributed by atoms with Crippen LogP contribution in [0, 0.1) is 0 Å². The Hall–Kier alpha value is -2.19. The quantitative estimate of drug-likeness (QED) is 0.125. The normalized spacial score (nSPS) is 15.9. The first kappa shape index (κ1) is 29.8. The highest BCUT2D eigenvalue weighted by Gasteiger charge is 2.40. The van der Waals surface area contributed by atoms with E-state index in [0.29, 0.717) is 6.42 Å². The van der Waals surface area contributed by atoms with E-state index < -0.39 is 50.6 Å². The van der Waals surface area contributed by atoms with Gasteiger partial charge in [-0.1, -0.05) is 39.5 Å². The summed E-state index contributed by atoms with van der Waals surface area (Å²) in [6.07, 6.45) is 3.91. The van der Waals surface area contributed by atoms with E-state index in [1.54, 1.807) is 32.9 Å². The predicted molar refractivity (Wildman–Crippen MR) is 128 cm³/mol. The molecule has 4 atom stereocenters. The van der Waals surface area contributed by atoms with Crippen molar-refractivity contribution in [3.63, 3.8) is 0 Å². The average Bonchev–Trinajstić information content (AvgIpc) is 2.64. The van der Waals surface area contributed by atoms with Crippen LogP contribution in [0.5, 0.6) is 0 Å². The Morgan fingerprint density at radius 3 is 2.03 bits per heavy atom. The minimum atomic E-state index is -2.04. The van der Waals surface area contributed by atoms with Gasteiger partial charge in [-0.25, -0.2) is 9.59 Å². The summed E-state index contributed by atoms with van der Waals surface area (Å²) in [4.78, 5) is 35.2. The molecule has 0 unspecified atom stereocenters. The van der Waals surface area contributed by atoms with E-state index >= 15 is 0 Å². The Labute approximate surface area is 194 Å². The molecule has 0 saturated heterocycles. The average molecular weight is 469 g/mol. The molecule has 0 aliphatic carbocycles. The van der Waals surface area contributed by atoms with Gasteiger partial charge >= 0.3 is 17.9 Å². The molecule has 0 spiro atoms. The molecule has 0 aromatic heterocycles. The zero-order valence-electron chi connectivity index (χ0n) is 20.8. The largest absolute Gasteiger partial charge is 0.462 e. The van der Waals surface area contributed by atoms with Crippen LogP contribution in [0.25, 0.3) is 0 Å². The predicted octanol–water partition coefficient (Wildman–Crippen LogP) is 4.88. The third-order valence-electron chi connectivity index (χ3n) is 5.23. The van der Waals surface area contributed by atoms with Gasteiger partial charge in [0.05, 0.1) is 6.42 Å². The van der Waals surface area contributed by atoms with Gasteiger partial charge in [-0.05, 0) is 38.9 Å². The Morgan fingerprint density at radius 2 is 1.53 bits per heavy atom. The lowest BCUT2D eigenvalue weighted by molar-refractivity contribution is -0.154. The lowest BCUT2D eigenvalue weighted by atomic mass is 10.2. The summed E-state index contributed by atoms with van der Waals surface area (Å²) < 4.78 is 21.9. The second-order valence-corrected chi connectivity index (χ2v) is 14.1. The fourth-order valence-electron chi connectivity index (χ4n) is 2.34. The van der Waals surface area contributed by atoms with E-state index in [-0.39, 0.29) is 11.5 Å². The van der Waals surface area contributed by atoms with Crippen LogP contribution in [0.1, 0.15) is 54.4 Å². The van der Waals surface area contributed by atoms with Crippen molar-refractivity contribution in [2.24, 2.45) is 0 Å². The lowest BCUT2D eigenvalue weighted by Crippen LogP contribution is -2.46. The summed E-state index contributed by atoms with van der Waals surface area (Å²) in [5.74, 6) is -1.60. The summed E-state index contributed by atoms with van der Waals surface area (Å²) in [7, 11) is -2.04. The Kier molecular flexibility index (Phi) is 12.5. The van der Waals surface area contributed by atoms with Crippen LogP contribution in [0.3, 0.4) is 0 Å². The van der Waals surface area contributed by atoms with Crippen LogP contribution in [-0.4, -0.2) is 50.6 Å². The molecule has 0 saturated carbocycles. The standard InChI is InChI=1S/C24H40O7Si/c1-11-20(31-32(9,10)24(6,7)8)19(5)30-22(26)15-13-14-17(3)28-23(27)16-18(4)29-21(25)12-2/h11-13,15,17-20H,1-2,14,16H2,3-10H3/b15-13+/t17-,18+,19-,20+/m0/s1. The van der Waals surface area contributed by atoms with Gasteiger partial charge in [-0.15, -0.1) is 6.58 Å². The molecule has 7 nitrogen and oxygen atoms in total. The van der Waals surface area contributed by atoms with Crippen LogP contribution >= 0.6 is 0 Å². The second kappa shape index (κ2) is 13.4. The van der Waals surface area contributed by atoms with E-state index in [9.17, 15) is 14.4 Å². The van der Waals surface area contributed by atoms with Gasteiger partial charge in [-0.3, -0.25) is 4.79 Å². The molecule has 0 radical (unpaired) electrons. The summed E-state index contributed by atoms with van der Waals surface area (Å²) in [6.45, 7) is 22.9. The van der Waals surface area contributed by atoms with Crippen molar-refractivity contribution in [3.8, 4) is 0 Å². The number of rotatable bonds is 13. The molecule has 8 heteroatoms. The molecular weight excluding hydrogens is 428 g/mol. The van der Waals surface area contributed by atoms with Crippen molar-refractivity contribution in [3.05, 3.63) is 37.5 Å². The highest BCUT2D eigenvalue weighted by molar-refractivity contribution is 6.74. The number of hydrogen-bond acceptors (Lipinski definition) is 7. The topological polar surface area (TPSA) is 88.1 Å². The molecule has 0 rings (SSSR count). The van der Waals surface area contributed by atoms with Gasteiger partial charge in [0.2, 0.25) is 0 Å². The van der Waals surface area contributed by atoms with Crippen LogP contribution in [0.2, 0.25) is 18.1 Å². The molecule has 32 heavy (non-hydrogen) atoms. The van der Waals surface area contributed by atoms with E-state index in [1.807, 2.05) is 0 Å². The van der Waals surface area contributed by atoms with Crippen LogP contribution < -0.4 is 0 Å². The molecule has 0 bridgehead atoms. The number of esters is 3. The highest BCUT2D eigenvalue weighted by atomic mass is 28.4. The van der Waals surface area contributed by atoms with Crippen LogP contribution in [0.4, 0.5) is 0 Å². The summed E-state index contributed by atoms with van der Waals surface area (Å²) in [6, 6.07) is 0. The monoisotopic (exact) mass is 468 g/mol. The van der Waals surface area contributed by atoms with Gasteiger partial charge in [-0.2, -0.15) is 0 Å². The Bertz CT molecular complexity index is 691. The van der Waals surface area contributed by atoms with Gasteiger partial charge in [0.25, 0.3) is 0 Å². The van der Waals surface area contributed by atoms with Gasteiger partial charge in [0, 0.05) is 18.6 Å². The fraction of sp³-hybridized carbons (Fsp3) is 0.625. The molecule has 0 aromatic rings. The maximum Gasteiger partial charge on any atom is 0.330 e. The SMILES string of the molecule is C=CC(=O)O[C@H](C)CC(=O)O[C@@H](C)C/C=C/C(=O)O[C@@H](C)[C@@H](C=C)O[Si](C)(C)C(C)(C)C. The Morgan fingerprint density at radius 1 is 0.938 bits per heavy atom. The number of hydrogen-bond donors (Lipinski definition) is 0. The zero-order valence-corrected chi connectivity index (χ0v) is 21.8. The second-order valence-electron chi connectivity index (χ2n) is 9.31. The first-order valence-corrected chi connectivity index (χ1v) is 13.7. The minimum Gasteiger partial charge on any atom is -0.462 e. The van der Waals surface area contributed by atoms with Crippen molar-refractivity contribution in [2.75, 3.05) is 0 Å². The zero-order chi connectivity index (χ0) is 25.1. The fourth-order valence-corrected chi connectivity index (χ4v) is 3.66. The first-order chi connectivity index (χ1) is 14.6. The van der Waals surface area contributed by atoms with Crippen molar-refractivity contribution in [2.45, 2.75) is 96.9 Å². The van der Waals surface area contributed by atoms with E-state index in [0.717, 1.165) is 6.08 Å². The van der Waals surface area contributed by atoms with Gasteiger partial charge < -0.3 is 18.6 Å². The summed E-state index contributed by atoms with van der Waals surface area (Å²) in [5, 5.41) is 0.0244. The van der Waals surface area contributed by atoms with Crippen LogP contribution in [0.15, 0.2) is 37.5 Å². The van der Waals surface area contributed by atoms with Crippen LogP contribution in [-0.2, 0) is 33.0 Å². The van der Waals surface area contributed by atoms with Crippen molar-refractivity contribution < 1.29 is 33.0 Å². The lowest BCUT2D eigenvalue weighted by Gasteiger charge is -2.39. The molecule has 0 aromatic carbocycles. The van der Waals surface area contributed by atoms with E-state index in [1.165, 1.54) is 6.08 Å². The highest BCUT2D eigenvalue weighted by Crippen LogP contribution is 2.37. The van der Waals surface area contributed by atoms with E-state index in [4.69, 9.17) is 18.6 Å². The first-order valence-electron chi connectivity index (χ1n) is 10.8. The minimum absolute atomic E-state index is 0.0244. The van der Waals surface area contributed by atoms with E-state index in [2.05, 4.69) is 47.0 Å². The molecule has 0 N–H and O–H groups in total. The van der Waals surface area contributed by atoms with Crippen molar-refractivity contribution in [1.29, 1.82) is 0 Å². The smallest absolute Gasteiger partial charge is 0.330 e. The molecule has 0 aliphatic heterocycles. The molecule has 0 heterocycles. The molecular formula is C24H40O7Si. The summed E-state index contributed by atoms with van der Waals surface area (Å²) in [5.41, 5.74) is 0.